The molecule has 1 aromatic carbocycles. The van der Waals surface area contributed by atoms with Gasteiger partial charge in [-0.1, -0.05) is 33.6 Å². The number of nitriles is 1. The average Bonchev–Trinajstić information content (AvgIpc) is 2.16. The zero-order chi connectivity index (χ0) is 10.7. The highest BCUT2D eigenvalue weighted by Gasteiger charge is 2.17. The van der Waals surface area contributed by atoms with Gasteiger partial charge < -0.3 is 5.11 Å². The third-order valence-electron chi connectivity index (χ3n) is 1.71. The second-order valence-corrected chi connectivity index (χ2v) is 3.48. The molecular weight excluding hydrogens is 269 g/mol. The fraction of sp³-hybridized carbons (Fsp3) is 0.111. The van der Waals surface area contributed by atoms with Crippen LogP contribution in [-0.2, 0) is 5.33 Å². The van der Waals surface area contributed by atoms with Gasteiger partial charge in [-0.2, -0.15) is 5.26 Å². The second kappa shape index (κ2) is 4.45. The minimum Gasteiger partial charge on any atom is -0.478 e. The van der Waals surface area contributed by atoms with Gasteiger partial charge in [-0.05, 0) is 11.6 Å². The van der Waals surface area contributed by atoms with E-state index in [4.69, 9.17) is 22.0 Å². The monoisotopic (exact) mass is 273 g/mol. The fourth-order valence-corrected chi connectivity index (χ4v) is 1.77. The number of rotatable bonds is 2. The van der Waals surface area contributed by atoms with E-state index in [2.05, 4.69) is 15.9 Å². The number of carbonyl (C=O) groups is 1. The Morgan fingerprint density at radius 2 is 2.29 bits per heavy atom. The normalized spacial score (nSPS) is 9.50. The van der Waals surface area contributed by atoms with Crippen molar-refractivity contribution >= 4 is 33.5 Å². The summed E-state index contributed by atoms with van der Waals surface area (Å²) in [6, 6.07) is 4.94. The fourth-order valence-electron chi connectivity index (χ4n) is 1.07. The predicted molar refractivity (Wildman–Crippen MR) is 55.8 cm³/mol. The molecule has 0 heterocycles. The average molecular weight is 275 g/mol. The predicted octanol–water partition coefficient (Wildman–Crippen LogP) is 2.80. The molecule has 0 aliphatic rings. The molecule has 0 unspecified atom stereocenters. The van der Waals surface area contributed by atoms with Crippen molar-refractivity contribution in [3.63, 3.8) is 0 Å². The number of nitrogens with zero attached hydrogens (tertiary/aromatic N) is 1. The first-order valence-corrected chi connectivity index (χ1v) is 5.12. The molecule has 0 bridgehead atoms. The van der Waals surface area contributed by atoms with Crippen LogP contribution in [0.5, 0.6) is 0 Å². The van der Waals surface area contributed by atoms with Crippen molar-refractivity contribution in [2.75, 3.05) is 0 Å². The smallest absolute Gasteiger partial charge is 0.338 e. The molecule has 0 amide bonds. The summed E-state index contributed by atoms with van der Waals surface area (Å²) in [6.45, 7) is 0. The molecule has 0 aliphatic carbocycles. The molecule has 0 atom stereocenters. The number of carboxylic acids is 1. The highest BCUT2D eigenvalue weighted by Crippen LogP contribution is 2.24. The van der Waals surface area contributed by atoms with Gasteiger partial charge in [-0.25, -0.2) is 4.79 Å². The maximum atomic E-state index is 10.8. The Labute approximate surface area is 94.0 Å². The van der Waals surface area contributed by atoms with Crippen LogP contribution in [0.2, 0.25) is 5.02 Å². The van der Waals surface area contributed by atoms with Gasteiger partial charge in [-0.3, -0.25) is 0 Å². The summed E-state index contributed by atoms with van der Waals surface area (Å²) in [5.74, 6) is -1.19. The molecule has 0 aliphatic heterocycles. The molecule has 0 spiro atoms. The summed E-state index contributed by atoms with van der Waals surface area (Å²) >= 11 is 8.85. The summed E-state index contributed by atoms with van der Waals surface area (Å²) in [6.07, 6.45) is 0. The highest BCUT2D eigenvalue weighted by molar-refractivity contribution is 9.08. The number of carboxylic acid groups (broad SMARTS) is 1. The van der Waals surface area contributed by atoms with E-state index < -0.39 is 5.97 Å². The van der Waals surface area contributed by atoms with Crippen molar-refractivity contribution in [2.24, 2.45) is 0 Å². The van der Waals surface area contributed by atoms with E-state index in [-0.39, 0.29) is 16.1 Å². The first-order valence-electron chi connectivity index (χ1n) is 3.62. The Morgan fingerprint density at radius 1 is 1.64 bits per heavy atom. The maximum absolute atomic E-state index is 10.8. The van der Waals surface area contributed by atoms with Crippen LogP contribution in [0.1, 0.15) is 21.5 Å². The maximum Gasteiger partial charge on any atom is 0.338 e. The molecule has 5 heteroatoms. The molecule has 0 fully saturated rings. The van der Waals surface area contributed by atoms with E-state index in [1.54, 1.807) is 6.07 Å². The molecular formula is C9H5BrClNO2. The minimum atomic E-state index is -1.19. The Hall–Kier alpha value is -1.05. The van der Waals surface area contributed by atoms with Crippen molar-refractivity contribution in [3.8, 4) is 6.07 Å². The summed E-state index contributed by atoms with van der Waals surface area (Å²) in [5, 5.41) is 18.2. The van der Waals surface area contributed by atoms with Crippen molar-refractivity contribution in [3.05, 3.63) is 33.8 Å². The van der Waals surface area contributed by atoms with Crippen LogP contribution in [0, 0.1) is 11.3 Å². The van der Waals surface area contributed by atoms with Gasteiger partial charge in [0.05, 0.1) is 16.1 Å². The molecule has 1 aromatic rings. The number of alkyl halides is 1. The number of halogens is 2. The number of hydrogen-bond donors (Lipinski definition) is 1. The number of hydrogen-bond acceptors (Lipinski definition) is 2. The molecule has 14 heavy (non-hydrogen) atoms. The second-order valence-electron chi connectivity index (χ2n) is 2.51. The topological polar surface area (TPSA) is 61.1 Å². The molecule has 1 rings (SSSR count). The molecule has 0 aromatic heterocycles. The first-order chi connectivity index (χ1) is 6.61. The molecule has 0 saturated heterocycles. The van der Waals surface area contributed by atoms with Crippen molar-refractivity contribution in [2.45, 2.75) is 5.33 Å². The number of aromatic carboxylic acids is 1. The third-order valence-corrected chi connectivity index (χ3v) is 2.63. The largest absolute Gasteiger partial charge is 0.478 e. The van der Waals surface area contributed by atoms with Gasteiger partial charge in [0.1, 0.15) is 6.07 Å². The van der Waals surface area contributed by atoms with Crippen molar-refractivity contribution < 1.29 is 9.90 Å². The van der Waals surface area contributed by atoms with Gasteiger partial charge >= 0.3 is 5.97 Å². The van der Waals surface area contributed by atoms with Gasteiger partial charge in [0.2, 0.25) is 0 Å². The molecule has 72 valence electrons. The van der Waals surface area contributed by atoms with Gasteiger partial charge in [-0.15, -0.1) is 0 Å². The quantitative estimate of drug-likeness (QED) is 0.844. The summed E-state index contributed by atoms with van der Waals surface area (Å²) < 4.78 is 0. The summed E-state index contributed by atoms with van der Waals surface area (Å²) in [7, 11) is 0. The zero-order valence-corrected chi connectivity index (χ0v) is 9.26. The highest BCUT2D eigenvalue weighted by atomic mass is 79.9. The molecule has 0 radical (unpaired) electrons. The van der Waals surface area contributed by atoms with Gasteiger partial charge in [0.15, 0.2) is 0 Å². The zero-order valence-electron chi connectivity index (χ0n) is 6.92. The van der Waals surface area contributed by atoms with Crippen LogP contribution in [-0.4, -0.2) is 11.1 Å². The van der Waals surface area contributed by atoms with Crippen LogP contribution < -0.4 is 0 Å². The molecule has 3 nitrogen and oxygen atoms in total. The van der Waals surface area contributed by atoms with Crippen molar-refractivity contribution in [1.29, 1.82) is 5.26 Å². The Kier molecular flexibility index (Phi) is 3.50. The van der Waals surface area contributed by atoms with Crippen LogP contribution in [0.3, 0.4) is 0 Å². The van der Waals surface area contributed by atoms with E-state index in [0.29, 0.717) is 10.9 Å². The SMILES string of the molecule is N#Cc1c(CBr)ccc(Cl)c1C(=O)O. The van der Waals surface area contributed by atoms with Crippen LogP contribution in [0.25, 0.3) is 0 Å². The number of benzene rings is 1. The Bertz CT molecular complexity index is 426. The Balaban J connectivity index is 3.53. The van der Waals surface area contributed by atoms with Crippen LogP contribution in [0.15, 0.2) is 12.1 Å². The lowest BCUT2D eigenvalue weighted by molar-refractivity contribution is 0.0696. The van der Waals surface area contributed by atoms with Crippen LogP contribution in [0.4, 0.5) is 0 Å². The lowest BCUT2D eigenvalue weighted by atomic mass is 10.0. The van der Waals surface area contributed by atoms with E-state index >= 15 is 0 Å². The van der Waals surface area contributed by atoms with Gasteiger partial charge in [0, 0.05) is 5.33 Å². The van der Waals surface area contributed by atoms with Crippen LogP contribution >= 0.6 is 27.5 Å². The first kappa shape index (κ1) is 11.0. The lowest BCUT2D eigenvalue weighted by Crippen LogP contribution is -2.03. The van der Waals surface area contributed by atoms with E-state index in [1.807, 2.05) is 6.07 Å². The Morgan fingerprint density at radius 3 is 2.71 bits per heavy atom. The van der Waals surface area contributed by atoms with Crippen molar-refractivity contribution in [1.82, 2.24) is 0 Å². The van der Waals surface area contributed by atoms with E-state index in [1.165, 1.54) is 6.07 Å². The summed E-state index contributed by atoms with van der Waals surface area (Å²) in [5.41, 5.74) is 0.599. The van der Waals surface area contributed by atoms with E-state index in [0.717, 1.165) is 0 Å². The minimum absolute atomic E-state index is 0.0822. The standard InChI is InChI=1S/C9H5BrClNO2/c10-3-5-1-2-7(11)8(9(13)14)6(5)4-12/h1-2H,3H2,(H,13,14). The molecule has 0 saturated carbocycles. The summed E-state index contributed by atoms with van der Waals surface area (Å²) in [4.78, 5) is 10.8. The molecule has 1 N–H and O–H groups in total. The third kappa shape index (κ3) is 1.89. The van der Waals surface area contributed by atoms with E-state index in [9.17, 15) is 4.79 Å². The van der Waals surface area contributed by atoms with Gasteiger partial charge in [0.25, 0.3) is 0 Å². The lowest BCUT2D eigenvalue weighted by Gasteiger charge is -2.05.